The summed E-state index contributed by atoms with van der Waals surface area (Å²) in [5, 5.41) is 3.88. The number of hydrazone groups is 1. The normalized spacial score (nSPS) is 16.8. The lowest BCUT2D eigenvalue weighted by Gasteiger charge is -2.25. The molecule has 0 unspecified atom stereocenters. The van der Waals surface area contributed by atoms with Crippen molar-refractivity contribution in [3.8, 4) is 0 Å². The summed E-state index contributed by atoms with van der Waals surface area (Å²) in [6.07, 6.45) is 5.30. The van der Waals surface area contributed by atoms with Crippen LogP contribution in [-0.2, 0) is 9.53 Å². The van der Waals surface area contributed by atoms with Crippen LogP contribution < -0.4 is 5.43 Å². The van der Waals surface area contributed by atoms with E-state index in [-0.39, 0.29) is 5.91 Å². The molecule has 1 saturated heterocycles. The Morgan fingerprint density at radius 2 is 2.05 bits per heavy atom. The van der Waals surface area contributed by atoms with Gasteiger partial charge in [-0.15, -0.1) is 0 Å². The maximum atomic E-state index is 11.6. The van der Waals surface area contributed by atoms with Gasteiger partial charge in [-0.1, -0.05) is 36.4 Å². The molecule has 1 aromatic rings. The fourth-order valence-corrected chi connectivity index (χ4v) is 1.87. The molecule has 5 nitrogen and oxygen atoms in total. The highest BCUT2D eigenvalue weighted by Crippen LogP contribution is 1.99. The van der Waals surface area contributed by atoms with E-state index in [1.165, 1.54) is 0 Å². The van der Waals surface area contributed by atoms with Crippen LogP contribution in [0.3, 0.4) is 0 Å². The molecule has 1 heterocycles. The van der Waals surface area contributed by atoms with Crippen molar-refractivity contribution in [2.45, 2.75) is 0 Å². The molecule has 0 radical (unpaired) electrons. The van der Waals surface area contributed by atoms with Crippen LogP contribution in [0.1, 0.15) is 5.56 Å². The molecule has 1 aliphatic heterocycles. The first-order valence-electron chi connectivity index (χ1n) is 6.68. The number of nitrogens with zero attached hydrogens (tertiary/aromatic N) is 2. The van der Waals surface area contributed by atoms with E-state index in [1.807, 2.05) is 41.3 Å². The van der Waals surface area contributed by atoms with E-state index in [0.717, 1.165) is 18.7 Å². The van der Waals surface area contributed by atoms with Crippen LogP contribution in [0, 0.1) is 0 Å². The maximum Gasteiger partial charge on any atom is 0.254 e. The van der Waals surface area contributed by atoms with Gasteiger partial charge in [0.2, 0.25) is 0 Å². The molecule has 1 amide bonds. The molecule has 0 spiro atoms. The summed E-state index contributed by atoms with van der Waals surface area (Å²) in [5.74, 6) is -0.101. The van der Waals surface area contributed by atoms with Crippen molar-refractivity contribution in [2.24, 2.45) is 5.10 Å². The second-order valence-electron chi connectivity index (χ2n) is 4.47. The highest BCUT2D eigenvalue weighted by atomic mass is 16.5. The van der Waals surface area contributed by atoms with Gasteiger partial charge >= 0.3 is 0 Å². The van der Waals surface area contributed by atoms with Crippen molar-refractivity contribution in [1.82, 2.24) is 10.3 Å². The average molecular weight is 273 g/mol. The van der Waals surface area contributed by atoms with Crippen LogP contribution in [0.5, 0.6) is 0 Å². The molecule has 20 heavy (non-hydrogen) atoms. The molecule has 106 valence electrons. The zero-order chi connectivity index (χ0) is 14.0. The lowest BCUT2D eigenvalue weighted by Crippen LogP contribution is -2.42. The molecule has 1 aliphatic rings. The van der Waals surface area contributed by atoms with Crippen LogP contribution in [0.2, 0.25) is 0 Å². The van der Waals surface area contributed by atoms with Gasteiger partial charge in [-0.05, 0) is 11.6 Å². The lowest BCUT2D eigenvalue weighted by molar-refractivity contribution is -0.123. The lowest BCUT2D eigenvalue weighted by atomic mass is 10.2. The molecule has 0 bridgehead atoms. The summed E-state index contributed by atoms with van der Waals surface area (Å²) >= 11 is 0. The molecular formula is C15H19N3O2. The number of hydrogen-bond donors (Lipinski definition) is 1. The molecule has 2 rings (SSSR count). The van der Waals surface area contributed by atoms with Crippen LogP contribution in [0.25, 0.3) is 6.08 Å². The maximum absolute atomic E-state index is 11.6. The van der Waals surface area contributed by atoms with Crippen LogP contribution in [-0.4, -0.2) is 49.9 Å². The Morgan fingerprint density at radius 3 is 2.80 bits per heavy atom. The number of benzene rings is 1. The Kier molecular flexibility index (Phi) is 5.95. The molecule has 0 atom stereocenters. The number of carbonyl (C=O) groups excluding carboxylic acids is 1. The second-order valence-corrected chi connectivity index (χ2v) is 4.47. The zero-order valence-electron chi connectivity index (χ0n) is 11.4. The van der Waals surface area contributed by atoms with Crippen molar-refractivity contribution in [1.29, 1.82) is 0 Å². The third-order valence-electron chi connectivity index (χ3n) is 2.91. The number of amides is 1. The average Bonchev–Trinajstić information content (AvgIpc) is 2.49. The van der Waals surface area contributed by atoms with Gasteiger partial charge in [0.15, 0.2) is 0 Å². The van der Waals surface area contributed by atoms with E-state index in [2.05, 4.69) is 10.5 Å². The SMILES string of the molecule is O=C(CN1CCOCC1)N/N=C\C=C\c1ccccc1. The van der Waals surface area contributed by atoms with Crippen LogP contribution >= 0.6 is 0 Å². The van der Waals surface area contributed by atoms with E-state index in [9.17, 15) is 4.79 Å². The summed E-state index contributed by atoms with van der Waals surface area (Å²) in [5.41, 5.74) is 3.61. The number of morpholine rings is 1. The second kappa shape index (κ2) is 8.24. The number of hydrogen-bond acceptors (Lipinski definition) is 4. The van der Waals surface area contributed by atoms with Gasteiger partial charge in [-0.2, -0.15) is 5.10 Å². The molecule has 1 fully saturated rings. The Hall–Kier alpha value is -1.98. The summed E-state index contributed by atoms with van der Waals surface area (Å²) in [6.45, 7) is 3.34. The first-order valence-corrected chi connectivity index (χ1v) is 6.68. The Balaban J connectivity index is 1.67. The van der Waals surface area contributed by atoms with Crippen molar-refractivity contribution < 1.29 is 9.53 Å². The van der Waals surface area contributed by atoms with Crippen molar-refractivity contribution in [3.63, 3.8) is 0 Å². The molecule has 0 aromatic heterocycles. The number of allylic oxidation sites excluding steroid dienone is 1. The Morgan fingerprint density at radius 1 is 1.30 bits per heavy atom. The smallest absolute Gasteiger partial charge is 0.254 e. The monoisotopic (exact) mass is 273 g/mol. The van der Waals surface area contributed by atoms with E-state index in [4.69, 9.17) is 4.74 Å². The summed E-state index contributed by atoms with van der Waals surface area (Å²) in [6, 6.07) is 9.92. The van der Waals surface area contributed by atoms with Gasteiger partial charge in [0, 0.05) is 19.3 Å². The summed E-state index contributed by atoms with van der Waals surface area (Å²) in [7, 11) is 0. The minimum Gasteiger partial charge on any atom is -0.379 e. The zero-order valence-corrected chi connectivity index (χ0v) is 11.4. The van der Waals surface area contributed by atoms with Gasteiger partial charge in [-0.25, -0.2) is 5.43 Å². The first kappa shape index (κ1) is 14.4. The van der Waals surface area contributed by atoms with Crippen molar-refractivity contribution in [2.75, 3.05) is 32.8 Å². The Labute approximate surface area is 118 Å². The van der Waals surface area contributed by atoms with Gasteiger partial charge in [0.25, 0.3) is 5.91 Å². The third kappa shape index (κ3) is 5.34. The summed E-state index contributed by atoms with van der Waals surface area (Å²) < 4.78 is 5.22. The fraction of sp³-hybridized carbons (Fsp3) is 0.333. The standard InChI is InChI=1S/C15H19N3O2/c19-15(13-18-9-11-20-12-10-18)17-16-8-4-7-14-5-2-1-3-6-14/h1-8H,9-13H2,(H,17,19)/b7-4+,16-8-. The van der Waals surface area contributed by atoms with E-state index in [1.54, 1.807) is 12.3 Å². The molecule has 0 saturated carbocycles. The van der Waals surface area contributed by atoms with Gasteiger partial charge < -0.3 is 4.74 Å². The van der Waals surface area contributed by atoms with Crippen molar-refractivity contribution in [3.05, 3.63) is 42.0 Å². The van der Waals surface area contributed by atoms with E-state index >= 15 is 0 Å². The summed E-state index contributed by atoms with van der Waals surface area (Å²) in [4.78, 5) is 13.7. The third-order valence-corrected chi connectivity index (χ3v) is 2.91. The highest BCUT2D eigenvalue weighted by Gasteiger charge is 2.13. The Bertz CT molecular complexity index is 465. The molecular weight excluding hydrogens is 254 g/mol. The fourth-order valence-electron chi connectivity index (χ4n) is 1.87. The first-order chi connectivity index (χ1) is 9.84. The molecule has 1 N–H and O–H groups in total. The largest absolute Gasteiger partial charge is 0.379 e. The highest BCUT2D eigenvalue weighted by molar-refractivity contribution is 5.82. The molecule has 5 heteroatoms. The minimum atomic E-state index is -0.101. The topological polar surface area (TPSA) is 53.9 Å². The van der Waals surface area contributed by atoms with Gasteiger partial charge in [0.05, 0.1) is 19.8 Å². The number of carbonyl (C=O) groups is 1. The van der Waals surface area contributed by atoms with E-state index < -0.39 is 0 Å². The number of rotatable bonds is 5. The van der Waals surface area contributed by atoms with Gasteiger partial charge in [0.1, 0.15) is 0 Å². The number of ether oxygens (including phenoxy) is 1. The van der Waals surface area contributed by atoms with Crippen LogP contribution in [0.15, 0.2) is 41.5 Å². The van der Waals surface area contributed by atoms with Gasteiger partial charge in [-0.3, -0.25) is 9.69 Å². The molecule has 0 aliphatic carbocycles. The predicted molar refractivity (Wildman–Crippen MR) is 79.4 cm³/mol. The quantitative estimate of drug-likeness (QED) is 0.646. The number of nitrogens with one attached hydrogen (secondary N) is 1. The molecule has 1 aromatic carbocycles. The predicted octanol–water partition coefficient (Wildman–Crippen LogP) is 1.13. The van der Waals surface area contributed by atoms with Crippen molar-refractivity contribution >= 4 is 18.2 Å². The van der Waals surface area contributed by atoms with Crippen LogP contribution in [0.4, 0.5) is 0 Å². The minimum absolute atomic E-state index is 0.101. The van der Waals surface area contributed by atoms with E-state index in [0.29, 0.717) is 19.8 Å².